The second-order valence-corrected chi connectivity index (χ2v) is 4.81. The number of aromatic amines is 1. The van der Waals surface area contributed by atoms with E-state index in [1.54, 1.807) is 6.08 Å². The third-order valence-electron chi connectivity index (χ3n) is 3.23. The normalized spacial score (nSPS) is 11.1. The van der Waals surface area contributed by atoms with Gasteiger partial charge in [0.2, 0.25) is 0 Å². The van der Waals surface area contributed by atoms with E-state index in [1.807, 2.05) is 61.5 Å². The van der Waals surface area contributed by atoms with E-state index in [-0.39, 0.29) is 5.56 Å². The zero-order valence-corrected chi connectivity index (χ0v) is 12.2. The maximum atomic E-state index is 12.0. The summed E-state index contributed by atoms with van der Waals surface area (Å²) in [5.74, 6) is 0.810. The van der Waals surface area contributed by atoms with Gasteiger partial charge in [0.1, 0.15) is 11.4 Å². The van der Waals surface area contributed by atoms with Crippen molar-refractivity contribution in [1.29, 1.82) is 0 Å². The first kappa shape index (κ1) is 14.1. The zero-order chi connectivity index (χ0) is 15.4. The van der Waals surface area contributed by atoms with Crippen molar-refractivity contribution >= 4 is 23.2 Å². The molecule has 0 saturated carbocycles. The maximum Gasteiger partial charge on any atom is 0.274 e. The molecule has 0 amide bonds. The van der Waals surface area contributed by atoms with Crippen LogP contribution < -0.4 is 10.3 Å². The van der Waals surface area contributed by atoms with E-state index < -0.39 is 0 Å². The van der Waals surface area contributed by atoms with Gasteiger partial charge < -0.3 is 9.72 Å². The molecular formula is C18H16N2O2. The number of hydrogen-bond acceptors (Lipinski definition) is 3. The van der Waals surface area contributed by atoms with E-state index in [4.69, 9.17) is 4.74 Å². The predicted octanol–water partition coefficient (Wildman–Crippen LogP) is 3.49. The number of nitrogens with one attached hydrogen (secondary N) is 1. The molecule has 0 aliphatic carbocycles. The second kappa shape index (κ2) is 6.26. The first-order valence-electron chi connectivity index (χ1n) is 7.16. The fraction of sp³-hybridized carbons (Fsp3) is 0.111. The highest BCUT2D eigenvalue weighted by Gasteiger charge is 2.01. The van der Waals surface area contributed by atoms with Crippen LogP contribution in [0.5, 0.6) is 5.75 Å². The van der Waals surface area contributed by atoms with Crippen LogP contribution in [0.25, 0.3) is 23.2 Å². The van der Waals surface area contributed by atoms with Crippen LogP contribution in [0.3, 0.4) is 0 Å². The van der Waals surface area contributed by atoms with Gasteiger partial charge in [-0.3, -0.25) is 4.79 Å². The van der Waals surface area contributed by atoms with Gasteiger partial charge in [0.05, 0.1) is 17.6 Å². The summed E-state index contributed by atoms with van der Waals surface area (Å²) >= 11 is 0. The van der Waals surface area contributed by atoms with Crippen LogP contribution in [0.4, 0.5) is 0 Å². The Hall–Kier alpha value is -2.88. The first-order valence-corrected chi connectivity index (χ1v) is 7.16. The number of nitrogens with zero attached hydrogens (tertiary/aromatic N) is 1. The highest BCUT2D eigenvalue weighted by Crippen LogP contribution is 2.15. The lowest BCUT2D eigenvalue weighted by Crippen LogP contribution is -2.11. The number of para-hydroxylation sites is 2. The summed E-state index contributed by atoms with van der Waals surface area (Å²) in [5.41, 5.74) is 2.66. The van der Waals surface area contributed by atoms with E-state index in [9.17, 15) is 4.79 Å². The Labute approximate surface area is 128 Å². The van der Waals surface area contributed by atoms with Crippen molar-refractivity contribution < 1.29 is 4.74 Å². The summed E-state index contributed by atoms with van der Waals surface area (Å²) in [6, 6.07) is 15.2. The fourth-order valence-electron chi connectivity index (χ4n) is 2.21. The quantitative estimate of drug-likeness (QED) is 0.800. The number of aromatic nitrogens is 2. The third kappa shape index (κ3) is 3.06. The molecule has 22 heavy (non-hydrogen) atoms. The van der Waals surface area contributed by atoms with Crippen LogP contribution >= 0.6 is 0 Å². The van der Waals surface area contributed by atoms with Crippen LogP contribution in [0.15, 0.2) is 53.3 Å². The van der Waals surface area contributed by atoms with E-state index >= 15 is 0 Å². The average molecular weight is 292 g/mol. The summed E-state index contributed by atoms with van der Waals surface area (Å²) in [7, 11) is 0. The molecule has 0 radical (unpaired) electrons. The highest BCUT2D eigenvalue weighted by atomic mass is 16.5. The first-order chi connectivity index (χ1) is 10.8. The molecule has 0 atom stereocenters. The zero-order valence-electron chi connectivity index (χ0n) is 12.2. The minimum Gasteiger partial charge on any atom is -0.494 e. The molecule has 0 aliphatic heterocycles. The molecule has 1 aromatic heterocycles. The monoisotopic (exact) mass is 292 g/mol. The molecule has 110 valence electrons. The predicted molar refractivity (Wildman–Crippen MR) is 88.9 cm³/mol. The van der Waals surface area contributed by atoms with E-state index in [2.05, 4.69) is 9.97 Å². The van der Waals surface area contributed by atoms with Crippen LogP contribution in [-0.2, 0) is 0 Å². The molecule has 1 heterocycles. The molecule has 3 aromatic rings. The van der Waals surface area contributed by atoms with Gasteiger partial charge in [-0.1, -0.05) is 30.3 Å². The van der Waals surface area contributed by atoms with Gasteiger partial charge >= 0.3 is 0 Å². The van der Waals surface area contributed by atoms with Crippen LogP contribution in [0.1, 0.15) is 18.2 Å². The third-order valence-corrected chi connectivity index (χ3v) is 3.23. The smallest absolute Gasteiger partial charge is 0.274 e. The molecule has 4 nitrogen and oxygen atoms in total. The van der Waals surface area contributed by atoms with Gasteiger partial charge in [0.15, 0.2) is 0 Å². The summed E-state index contributed by atoms with van der Waals surface area (Å²) < 4.78 is 5.46. The molecule has 0 aliphatic rings. The van der Waals surface area contributed by atoms with Gasteiger partial charge in [-0.2, -0.15) is 0 Å². The molecule has 2 aromatic carbocycles. The largest absolute Gasteiger partial charge is 0.494 e. The molecule has 0 fully saturated rings. The molecule has 0 saturated heterocycles. The van der Waals surface area contributed by atoms with Crippen molar-refractivity contribution in [3.8, 4) is 5.75 Å². The SMILES string of the molecule is CCOc1cccc(/C=C/c2nc3ccccc3[nH]c2=O)c1. The van der Waals surface area contributed by atoms with E-state index in [1.165, 1.54) is 0 Å². The minimum atomic E-state index is -0.198. The Morgan fingerprint density at radius 1 is 1.14 bits per heavy atom. The molecule has 0 bridgehead atoms. The lowest BCUT2D eigenvalue weighted by atomic mass is 10.2. The van der Waals surface area contributed by atoms with E-state index in [0.717, 1.165) is 22.3 Å². The second-order valence-electron chi connectivity index (χ2n) is 4.81. The highest BCUT2D eigenvalue weighted by molar-refractivity contribution is 5.76. The van der Waals surface area contributed by atoms with Crippen molar-refractivity contribution in [1.82, 2.24) is 9.97 Å². The standard InChI is InChI=1S/C18H16N2O2/c1-2-22-14-7-5-6-13(12-14)10-11-17-18(21)20-16-9-4-3-8-15(16)19-17/h3-12H,2H2,1H3,(H,20,21)/b11-10+. The van der Waals surface area contributed by atoms with Crippen LogP contribution in [-0.4, -0.2) is 16.6 Å². The topological polar surface area (TPSA) is 55.0 Å². The van der Waals surface area contributed by atoms with Crippen molar-refractivity contribution in [3.05, 3.63) is 70.1 Å². The van der Waals surface area contributed by atoms with Crippen molar-refractivity contribution in [2.45, 2.75) is 6.92 Å². The summed E-state index contributed by atoms with van der Waals surface area (Å²) in [6.45, 7) is 2.57. The number of hydrogen-bond donors (Lipinski definition) is 1. The Morgan fingerprint density at radius 2 is 2.00 bits per heavy atom. The van der Waals surface area contributed by atoms with Crippen molar-refractivity contribution in [3.63, 3.8) is 0 Å². The minimum absolute atomic E-state index is 0.198. The number of ether oxygens (including phenoxy) is 1. The summed E-state index contributed by atoms with van der Waals surface area (Å²) in [6.07, 6.45) is 3.57. The maximum absolute atomic E-state index is 12.0. The van der Waals surface area contributed by atoms with Crippen molar-refractivity contribution in [2.24, 2.45) is 0 Å². The lowest BCUT2D eigenvalue weighted by Gasteiger charge is -2.03. The van der Waals surface area contributed by atoms with E-state index in [0.29, 0.717) is 12.3 Å². The van der Waals surface area contributed by atoms with Gasteiger partial charge in [0.25, 0.3) is 5.56 Å². The fourth-order valence-corrected chi connectivity index (χ4v) is 2.21. The molecule has 4 heteroatoms. The van der Waals surface area contributed by atoms with Crippen LogP contribution in [0, 0.1) is 0 Å². The lowest BCUT2D eigenvalue weighted by molar-refractivity contribution is 0.340. The Morgan fingerprint density at radius 3 is 2.86 bits per heavy atom. The molecule has 0 unspecified atom stereocenters. The Bertz CT molecular complexity index is 881. The van der Waals surface area contributed by atoms with Gasteiger partial charge in [-0.15, -0.1) is 0 Å². The molecule has 3 rings (SSSR count). The summed E-state index contributed by atoms with van der Waals surface area (Å²) in [5, 5.41) is 0. The van der Waals surface area contributed by atoms with Gasteiger partial charge in [-0.25, -0.2) is 4.98 Å². The summed E-state index contributed by atoms with van der Waals surface area (Å²) in [4.78, 5) is 19.2. The molecular weight excluding hydrogens is 276 g/mol. The molecule has 0 spiro atoms. The number of fused-ring (bicyclic) bond motifs is 1. The van der Waals surface area contributed by atoms with Gasteiger partial charge in [-0.05, 0) is 42.8 Å². The average Bonchev–Trinajstić information content (AvgIpc) is 2.53. The number of benzene rings is 2. The van der Waals surface area contributed by atoms with Crippen molar-refractivity contribution in [2.75, 3.05) is 6.61 Å². The molecule has 1 N–H and O–H groups in total. The Balaban J connectivity index is 1.93. The number of H-pyrrole nitrogens is 1. The van der Waals surface area contributed by atoms with Crippen LogP contribution in [0.2, 0.25) is 0 Å². The van der Waals surface area contributed by atoms with Gasteiger partial charge in [0, 0.05) is 0 Å². The Kier molecular flexibility index (Phi) is 4.01. The number of rotatable bonds is 4.